The fraction of sp³-hybridized carbons (Fsp3) is 0.167. The molecule has 94 valence electrons. The zero-order valence-electron chi connectivity index (χ0n) is 9.61. The number of halogens is 1. The van der Waals surface area contributed by atoms with Gasteiger partial charge < -0.3 is 14.8 Å². The van der Waals surface area contributed by atoms with Crippen molar-refractivity contribution < 1.29 is 9.84 Å². The van der Waals surface area contributed by atoms with Gasteiger partial charge in [0.25, 0.3) is 5.56 Å². The Labute approximate surface area is 117 Å². The van der Waals surface area contributed by atoms with Gasteiger partial charge in [-0.25, -0.2) is 0 Å². The third-order valence-corrected chi connectivity index (χ3v) is 3.40. The summed E-state index contributed by atoms with van der Waals surface area (Å²) in [5.74, 6) is 0.969. The third kappa shape index (κ3) is 2.81. The second kappa shape index (κ2) is 5.38. The highest BCUT2D eigenvalue weighted by Crippen LogP contribution is 2.15. The minimum absolute atomic E-state index is 0.200. The molecule has 2 N–H and O–H groups in total. The number of methoxy groups -OCH3 is 1. The number of nitrogens with zero attached hydrogens (tertiary/aromatic N) is 1. The van der Waals surface area contributed by atoms with Crippen LogP contribution in [0, 0.1) is 3.57 Å². The van der Waals surface area contributed by atoms with Crippen LogP contribution in [0.15, 0.2) is 29.1 Å². The molecule has 0 spiro atoms. The topological polar surface area (TPSA) is 75.2 Å². The van der Waals surface area contributed by atoms with Crippen molar-refractivity contribution >= 4 is 22.6 Å². The number of hydrogen-bond donors (Lipinski definition) is 2. The highest BCUT2D eigenvalue weighted by atomic mass is 127. The molecule has 1 aromatic carbocycles. The molecule has 0 atom stereocenters. The Morgan fingerprint density at radius 3 is 2.61 bits per heavy atom. The van der Waals surface area contributed by atoms with Gasteiger partial charge in [0.1, 0.15) is 15.1 Å². The lowest BCUT2D eigenvalue weighted by Gasteiger charge is -2.04. The van der Waals surface area contributed by atoms with Crippen molar-refractivity contribution in [2.24, 2.45) is 0 Å². The van der Waals surface area contributed by atoms with E-state index in [1.54, 1.807) is 29.7 Å². The van der Waals surface area contributed by atoms with Gasteiger partial charge in [0.2, 0.25) is 5.88 Å². The highest BCUT2D eigenvalue weighted by Gasteiger charge is 2.07. The van der Waals surface area contributed by atoms with E-state index in [-0.39, 0.29) is 15.0 Å². The van der Waals surface area contributed by atoms with Crippen molar-refractivity contribution in [3.8, 4) is 11.6 Å². The summed E-state index contributed by atoms with van der Waals surface area (Å²) < 4.78 is 5.26. The fourth-order valence-electron chi connectivity index (χ4n) is 1.51. The number of H-pyrrole nitrogens is 1. The molecule has 2 rings (SSSR count). The number of aromatic hydroxyl groups is 1. The molecule has 0 saturated carbocycles. The summed E-state index contributed by atoms with van der Waals surface area (Å²) >= 11 is 1.75. The maximum absolute atomic E-state index is 11.5. The Morgan fingerprint density at radius 1 is 1.39 bits per heavy atom. The Balaban J connectivity index is 2.25. The quantitative estimate of drug-likeness (QED) is 0.819. The minimum atomic E-state index is -0.327. The van der Waals surface area contributed by atoms with Gasteiger partial charge in [0.05, 0.1) is 7.11 Å². The van der Waals surface area contributed by atoms with Gasteiger partial charge in [-0.15, -0.1) is 0 Å². The van der Waals surface area contributed by atoms with Gasteiger partial charge in [-0.3, -0.25) is 4.79 Å². The summed E-state index contributed by atoms with van der Waals surface area (Å²) in [4.78, 5) is 18.0. The molecular weight excluding hydrogens is 347 g/mol. The van der Waals surface area contributed by atoms with Crippen LogP contribution in [-0.2, 0) is 6.42 Å². The van der Waals surface area contributed by atoms with Crippen LogP contribution in [0.2, 0.25) is 0 Å². The summed E-state index contributed by atoms with van der Waals surface area (Å²) in [7, 11) is 1.60. The number of hydrogen-bond acceptors (Lipinski definition) is 4. The van der Waals surface area contributed by atoms with E-state index in [0.29, 0.717) is 12.2 Å². The second-order valence-electron chi connectivity index (χ2n) is 3.68. The van der Waals surface area contributed by atoms with Crippen LogP contribution in [0.3, 0.4) is 0 Å². The van der Waals surface area contributed by atoms with Crippen molar-refractivity contribution in [1.82, 2.24) is 9.97 Å². The summed E-state index contributed by atoms with van der Waals surface area (Å²) in [6.07, 6.45) is 0.448. The molecule has 0 saturated heterocycles. The molecule has 1 heterocycles. The minimum Gasteiger partial charge on any atom is -0.497 e. The average Bonchev–Trinajstić information content (AvgIpc) is 2.37. The standard InChI is InChI=1S/C12H11IN2O3/c1-18-8-4-2-7(3-5-8)6-9-14-11(16)10(13)12(17)15-9/h2-5H,6H2,1H3,(H2,14,15,16,17). The molecule has 0 bridgehead atoms. The zero-order valence-corrected chi connectivity index (χ0v) is 11.8. The number of aromatic amines is 1. The Kier molecular flexibility index (Phi) is 3.85. The van der Waals surface area contributed by atoms with Crippen molar-refractivity contribution in [3.63, 3.8) is 0 Å². The molecule has 6 heteroatoms. The third-order valence-electron chi connectivity index (χ3n) is 2.42. The molecule has 0 aliphatic carbocycles. The largest absolute Gasteiger partial charge is 0.497 e. The summed E-state index contributed by atoms with van der Waals surface area (Å²) in [5.41, 5.74) is 0.645. The van der Waals surface area contributed by atoms with Gasteiger partial charge in [0.15, 0.2) is 0 Å². The number of rotatable bonds is 3. The Morgan fingerprint density at radius 2 is 2.06 bits per heavy atom. The van der Waals surface area contributed by atoms with Crippen molar-refractivity contribution in [2.75, 3.05) is 7.11 Å². The molecular formula is C12H11IN2O3. The maximum atomic E-state index is 11.5. The average molecular weight is 358 g/mol. The van der Waals surface area contributed by atoms with E-state index in [1.165, 1.54) is 0 Å². The first-order valence-corrected chi connectivity index (χ1v) is 6.28. The predicted molar refractivity (Wildman–Crippen MR) is 75.0 cm³/mol. The van der Waals surface area contributed by atoms with Crippen LogP contribution in [0.1, 0.15) is 11.4 Å². The monoisotopic (exact) mass is 358 g/mol. The number of nitrogens with one attached hydrogen (secondary N) is 1. The summed E-state index contributed by atoms with van der Waals surface area (Å²) in [6.45, 7) is 0. The smallest absolute Gasteiger partial charge is 0.268 e. The lowest BCUT2D eigenvalue weighted by molar-refractivity contribution is 0.414. The normalized spacial score (nSPS) is 10.3. The highest BCUT2D eigenvalue weighted by molar-refractivity contribution is 14.1. The van der Waals surface area contributed by atoms with Crippen LogP contribution in [0.4, 0.5) is 0 Å². The van der Waals surface area contributed by atoms with E-state index in [9.17, 15) is 9.90 Å². The van der Waals surface area contributed by atoms with E-state index in [2.05, 4.69) is 9.97 Å². The SMILES string of the molecule is COc1ccc(Cc2nc(O)c(I)c(=O)[nH]2)cc1. The van der Waals surface area contributed by atoms with Crippen LogP contribution in [-0.4, -0.2) is 22.2 Å². The second-order valence-corrected chi connectivity index (χ2v) is 4.75. The van der Waals surface area contributed by atoms with Crippen molar-refractivity contribution in [1.29, 1.82) is 0 Å². The molecule has 0 unspecified atom stereocenters. The lowest BCUT2D eigenvalue weighted by atomic mass is 10.1. The van der Waals surface area contributed by atoms with E-state index >= 15 is 0 Å². The fourth-order valence-corrected chi connectivity index (χ4v) is 1.77. The van der Waals surface area contributed by atoms with E-state index in [0.717, 1.165) is 11.3 Å². The first kappa shape index (κ1) is 12.9. The molecule has 2 aromatic rings. The maximum Gasteiger partial charge on any atom is 0.268 e. The first-order valence-electron chi connectivity index (χ1n) is 5.20. The van der Waals surface area contributed by atoms with Crippen LogP contribution in [0.25, 0.3) is 0 Å². The number of benzene rings is 1. The number of ether oxygens (including phenoxy) is 1. The van der Waals surface area contributed by atoms with Crippen LogP contribution < -0.4 is 10.3 Å². The van der Waals surface area contributed by atoms with Gasteiger partial charge >= 0.3 is 0 Å². The van der Waals surface area contributed by atoms with E-state index in [1.807, 2.05) is 24.3 Å². The summed E-state index contributed by atoms with van der Waals surface area (Å²) in [5, 5.41) is 9.48. The molecule has 0 aliphatic heterocycles. The zero-order chi connectivity index (χ0) is 13.1. The predicted octanol–water partition coefficient (Wildman–Crippen LogP) is 1.68. The molecule has 5 nitrogen and oxygen atoms in total. The first-order chi connectivity index (χ1) is 8.60. The Bertz CT molecular complexity index is 608. The van der Waals surface area contributed by atoms with Crippen molar-refractivity contribution in [3.05, 3.63) is 49.6 Å². The van der Waals surface area contributed by atoms with Crippen LogP contribution >= 0.6 is 22.6 Å². The molecule has 0 amide bonds. The molecule has 18 heavy (non-hydrogen) atoms. The van der Waals surface area contributed by atoms with Crippen LogP contribution in [0.5, 0.6) is 11.6 Å². The molecule has 1 aromatic heterocycles. The molecule has 0 aliphatic rings. The van der Waals surface area contributed by atoms with Crippen molar-refractivity contribution in [2.45, 2.75) is 6.42 Å². The van der Waals surface area contributed by atoms with Gasteiger partial charge in [-0.05, 0) is 40.3 Å². The summed E-state index contributed by atoms with van der Waals surface area (Å²) in [6, 6.07) is 7.43. The lowest BCUT2D eigenvalue weighted by Crippen LogP contribution is -2.14. The van der Waals surface area contributed by atoms with Gasteiger partial charge in [-0.1, -0.05) is 12.1 Å². The molecule has 0 fully saturated rings. The molecule has 0 radical (unpaired) electrons. The van der Waals surface area contributed by atoms with Gasteiger partial charge in [0, 0.05) is 6.42 Å². The van der Waals surface area contributed by atoms with Gasteiger partial charge in [-0.2, -0.15) is 4.98 Å². The number of aromatic nitrogens is 2. The van der Waals surface area contributed by atoms with E-state index < -0.39 is 0 Å². The van der Waals surface area contributed by atoms with E-state index in [4.69, 9.17) is 4.74 Å². The Hall–Kier alpha value is -1.57.